The molecule has 0 aromatic rings. The maximum atomic E-state index is 11.7. The van der Waals surface area contributed by atoms with Gasteiger partial charge in [0.15, 0.2) is 0 Å². The molecule has 0 aromatic carbocycles. The second kappa shape index (κ2) is 9.42. The van der Waals surface area contributed by atoms with Crippen molar-refractivity contribution in [2.24, 2.45) is 0 Å². The average Bonchev–Trinajstić information content (AvgIpc) is 2.56. The van der Waals surface area contributed by atoms with Crippen molar-refractivity contribution in [1.29, 1.82) is 0 Å². The van der Waals surface area contributed by atoms with Crippen molar-refractivity contribution in [1.82, 2.24) is 14.7 Å². The molecule has 0 N–H and O–H groups in total. The number of carbonyl (C=O) groups is 1. The van der Waals surface area contributed by atoms with Gasteiger partial charge in [0.2, 0.25) is 5.91 Å². The highest BCUT2D eigenvalue weighted by atomic mass is 16.2. The van der Waals surface area contributed by atoms with E-state index in [1.807, 2.05) is 25.7 Å². The van der Waals surface area contributed by atoms with Gasteiger partial charge in [-0.05, 0) is 26.7 Å². The highest BCUT2D eigenvalue weighted by Crippen LogP contribution is 2.19. The fourth-order valence-electron chi connectivity index (χ4n) is 3.32. The summed E-state index contributed by atoms with van der Waals surface area (Å²) in [6.07, 6.45) is 2.97. The maximum Gasteiger partial charge on any atom is 0.222 e. The zero-order valence-electron chi connectivity index (χ0n) is 14.8. The van der Waals surface area contributed by atoms with Crippen LogP contribution in [0, 0.1) is 0 Å². The summed E-state index contributed by atoms with van der Waals surface area (Å²) >= 11 is 0. The first-order valence-electron chi connectivity index (χ1n) is 8.87. The van der Waals surface area contributed by atoms with E-state index in [0.717, 1.165) is 25.9 Å². The Balaban J connectivity index is 0.00000106. The maximum absolute atomic E-state index is 11.7. The molecule has 0 aromatic heterocycles. The molecular weight excluding hydrogens is 262 g/mol. The van der Waals surface area contributed by atoms with E-state index in [1.165, 1.54) is 26.2 Å². The summed E-state index contributed by atoms with van der Waals surface area (Å²) in [4.78, 5) is 18.9. The third kappa shape index (κ3) is 5.26. The molecule has 2 fully saturated rings. The predicted molar refractivity (Wildman–Crippen MR) is 89.5 cm³/mol. The molecule has 2 saturated heterocycles. The van der Waals surface area contributed by atoms with Gasteiger partial charge < -0.3 is 4.90 Å². The lowest BCUT2D eigenvalue weighted by atomic mass is 10.0. The SMILES string of the molecule is CC.CCC(=O)N1CCC(N2CCN(C(C)C)CC2)CC1. The Labute approximate surface area is 131 Å². The summed E-state index contributed by atoms with van der Waals surface area (Å²) in [6, 6.07) is 1.38. The standard InChI is InChI=1S/C15H29N3O.C2H6/c1-4-15(19)18-7-5-14(6-8-18)17-11-9-16(10-12-17)13(2)3;1-2/h13-14H,4-12H2,1-3H3;1-2H3. The van der Waals surface area contributed by atoms with Crippen LogP contribution in [0.2, 0.25) is 0 Å². The molecule has 2 aliphatic rings. The third-order valence-corrected chi connectivity index (χ3v) is 4.72. The molecule has 0 atom stereocenters. The van der Waals surface area contributed by atoms with E-state index in [-0.39, 0.29) is 0 Å². The molecule has 4 heteroatoms. The van der Waals surface area contributed by atoms with E-state index < -0.39 is 0 Å². The second-order valence-corrected chi connectivity index (χ2v) is 6.13. The molecule has 0 bridgehead atoms. The molecule has 4 nitrogen and oxygen atoms in total. The minimum atomic E-state index is 0.322. The zero-order chi connectivity index (χ0) is 15.8. The molecule has 21 heavy (non-hydrogen) atoms. The summed E-state index contributed by atoms with van der Waals surface area (Å²) in [6.45, 7) is 17.2. The average molecular weight is 297 g/mol. The van der Waals surface area contributed by atoms with Gasteiger partial charge in [0, 0.05) is 57.8 Å². The van der Waals surface area contributed by atoms with Crippen LogP contribution in [0.5, 0.6) is 0 Å². The second-order valence-electron chi connectivity index (χ2n) is 6.13. The van der Waals surface area contributed by atoms with Crippen LogP contribution < -0.4 is 0 Å². The number of amides is 1. The number of rotatable bonds is 3. The van der Waals surface area contributed by atoms with Crippen molar-refractivity contribution in [3.8, 4) is 0 Å². The number of hydrogen-bond donors (Lipinski definition) is 0. The van der Waals surface area contributed by atoms with Gasteiger partial charge in [0.05, 0.1) is 0 Å². The molecule has 2 rings (SSSR count). The van der Waals surface area contributed by atoms with Crippen molar-refractivity contribution < 1.29 is 4.79 Å². The number of hydrogen-bond acceptors (Lipinski definition) is 3. The molecule has 1 amide bonds. The van der Waals surface area contributed by atoms with Gasteiger partial charge in [-0.3, -0.25) is 14.6 Å². The van der Waals surface area contributed by atoms with Crippen LogP contribution in [0.25, 0.3) is 0 Å². The first kappa shape index (κ1) is 18.4. The topological polar surface area (TPSA) is 26.8 Å². The van der Waals surface area contributed by atoms with Gasteiger partial charge >= 0.3 is 0 Å². The van der Waals surface area contributed by atoms with Crippen LogP contribution in [0.1, 0.15) is 53.9 Å². The number of piperidine rings is 1. The molecule has 124 valence electrons. The van der Waals surface area contributed by atoms with E-state index in [9.17, 15) is 4.79 Å². The molecule has 2 aliphatic heterocycles. The summed E-state index contributed by atoms with van der Waals surface area (Å²) < 4.78 is 0. The van der Waals surface area contributed by atoms with Crippen molar-refractivity contribution in [3.05, 3.63) is 0 Å². The molecule has 0 aliphatic carbocycles. The van der Waals surface area contributed by atoms with E-state index >= 15 is 0 Å². The van der Waals surface area contributed by atoms with Crippen molar-refractivity contribution in [2.75, 3.05) is 39.3 Å². The highest BCUT2D eigenvalue weighted by Gasteiger charge is 2.28. The van der Waals surface area contributed by atoms with Gasteiger partial charge in [-0.15, -0.1) is 0 Å². The lowest BCUT2D eigenvalue weighted by molar-refractivity contribution is -0.132. The summed E-state index contributed by atoms with van der Waals surface area (Å²) in [7, 11) is 0. The first-order chi connectivity index (χ1) is 10.1. The lowest BCUT2D eigenvalue weighted by Gasteiger charge is -2.43. The van der Waals surface area contributed by atoms with Crippen LogP contribution in [0.3, 0.4) is 0 Å². The monoisotopic (exact) mass is 297 g/mol. The quantitative estimate of drug-likeness (QED) is 0.800. The first-order valence-corrected chi connectivity index (χ1v) is 8.87. The third-order valence-electron chi connectivity index (χ3n) is 4.72. The van der Waals surface area contributed by atoms with Gasteiger partial charge in [0.25, 0.3) is 0 Å². The molecule has 2 heterocycles. The van der Waals surface area contributed by atoms with Crippen molar-refractivity contribution in [3.63, 3.8) is 0 Å². The van der Waals surface area contributed by atoms with Crippen LogP contribution in [0.4, 0.5) is 0 Å². The fourth-order valence-corrected chi connectivity index (χ4v) is 3.32. The van der Waals surface area contributed by atoms with Crippen molar-refractivity contribution in [2.45, 2.75) is 66.0 Å². The Morgan fingerprint density at radius 3 is 1.95 bits per heavy atom. The smallest absolute Gasteiger partial charge is 0.222 e. The fraction of sp³-hybridized carbons (Fsp3) is 0.941. The number of piperazine rings is 1. The Hall–Kier alpha value is -0.610. The van der Waals surface area contributed by atoms with E-state index in [4.69, 9.17) is 0 Å². The minimum absolute atomic E-state index is 0.322. The lowest BCUT2D eigenvalue weighted by Crippen LogP contribution is -2.54. The Morgan fingerprint density at radius 1 is 1.00 bits per heavy atom. The normalized spacial score (nSPS) is 22.1. The largest absolute Gasteiger partial charge is 0.343 e. The Bertz CT molecular complexity index is 290. The van der Waals surface area contributed by atoms with Crippen molar-refractivity contribution >= 4 is 5.91 Å². The van der Waals surface area contributed by atoms with E-state index in [0.29, 0.717) is 24.4 Å². The zero-order valence-corrected chi connectivity index (χ0v) is 14.8. The van der Waals surface area contributed by atoms with Crippen LogP contribution in [-0.4, -0.2) is 72.0 Å². The summed E-state index contributed by atoms with van der Waals surface area (Å²) in [5.41, 5.74) is 0. The van der Waals surface area contributed by atoms with Gasteiger partial charge in [-0.1, -0.05) is 20.8 Å². The highest BCUT2D eigenvalue weighted by molar-refractivity contribution is 5.75. The van der Waals surface area contributed by atoms with Crippen LogP contribution in [0.15, 0.2) is 0 Å². The summed E-state index contributed by atoms with van der Waals surface area (Å²) in [5, 5.41) is 0. The summed E-state index contributed by atoms with van der Waals surface area (Å²) in [5.74, 6) is 0.322. The van der Waals surface area contributed by atoms with E-state index in [1.54, 1.807) is 0 Å². The molecular formula is C17H35N3O. The Kier molecular flexibility index (Phi) is 8.27. The van der Waals surface area contributed by atoms with Gasteiger partial charge in [0.1, 0.15) is 0 Å². The van der Waals surface area contributed by atoms with Gasteiger partial charge in [-0.25, -0.2) is 0 Å². The molecule has 0 radical (unpaired) electrons. The van der Waals surface area contributed by atoms with Crippen LogP contribution >= 0.6 is 0 Å². The van der Waals surface area contributed by atoms with E-state index in [2.05, 4.69) is 23.6 Å². The van der Waals surface area contributed by atoms with Gasteiger partial charge in [-0.2, -0.15) is 0 Å². The van der Waals surface area contributed by atoms with Crippen LogP contribution in [-0.2, 0) is 4.79 Å². The minimum Gasteiger partial charge on any atom is -0.343 e. The number of carbonyl (C=O) groups excluding carboxylic acids is 1. The number of likely N-dealkylation sites (tertiary alicyclic amines) is 1. The number of nitrogens with zero attached hydrogens (tertiary/aromatic N) is 3. The molecule has 0 saturated carbocycles. The predicted octanol–water partition coefficient (Wildman–Crippen LogP) is 2.44. The molecule has 0 unspecified atom stereocenters. The molecule has 0 spiro atoms. The Morgan fingerprint density at radius 2 is 1.52 bits per heavy atom.